The molecule has 1 fully saturated rings. The molecule has 1 aromatic carbocycles. The number of ether oxygens (including phenoxy) is 1. The van der Waals surface area contributed by atoms with E-state index in [9.17, 15) is 4.39 Å². The molecule has 2 nitrogen and oxygen atoms in total. The summed E-state index contributed by atoms with van der Waals surface area (Å²) in [4.78, 5) is 0. The molecule has 1 saturated carbocycles. The highest BCUT2D eigenvalue weighted by atomic mass is 19.1. The molecule has 0 bridgehead atoms. The standard InChI is InChI=1S/C13H14FNO/c14-11-3-1-4-12(9-11)16-8-7-13(10-15)5-2-6-13/h1,3-4,9H,2,5-8H2. The lowest BCUT2D eigenvalue weighted by atomic mass is 9.68. The molecule has 84 valence electrons. The van der Waals surface area contributed by atoms with Crippen LogP contribution < -0.4 is 4.74 Å². The Kier molecular flexibility index (Phi) is 3.09. The van der Waals surface area contributed by atoms with Gasteiger partial charge >= 0.3 is 0 Å². The van der Waals surface area contributed by atoms with Crippen LogP contribution in [0.25, 0.3) is 0 Å². The van der Waals surface area contributed by atoms with Crippen molar-refractivity contribution in [1.82, 2.24) is 0 Å². The van der Waals surface area contributed by atoms with Crippen molar-refractivity contribution in [3.63, 3.8) is 0 Å². The van der Waals surface area contributed by atoms with Gasteiger partial charge in [0.2, 0.25) is 0 Å². The number of hydrogen-bond acceptors (Lipinski definition) is 2. The van der Waals surface area contributed by atoms with Gasteiger partial charge in [-0.2, -0.15) is 5.26 Å². The Morgan fingerprint density at radius 3 is 2.81 bits per heavy atom. The van der Waals surface area contributed by atoms with Crippen LogP contribution in [0.15, 0.2) is 24.3 Å². The molecule has 0 N–H and O–H groups in total. The first-order chi connectivity index (χ1) is 7.74. The molecule has 0 saturated heterocycles. The third kappa shape index (κ3) is 2.33. The van der Waals surface area contributed by atoms with E-state index in [1.165, 1.54) is 12.1 Å². The van der Waals surface area contributed by atoms with E-state index < -0.39 is 0 Å². The molecule has 1 aromatic rings. The number of nitrogens with zero attached hydrogens (tertiary/aromatic N) is 1. The molecular formula is C13H14FNO. The predicted molar refractivity (Wildman–Crippen MR) is 58.4 cm³/mol. The zero-order chi connectivity index (χ0) is 11.4. The molecule has 3 heteroatoms. The fourth-order valence-electron chi connectivity index (χ4n) is 1.94. The third-order valence-corrected chi connectivity index (χ3v) is 3.19. The van der Waals surface area contributed by atoms with E-state index >= 15 is 0 Å². The minimum atomic E-state index is -0.295. The lowest BCUT2D eigenvalue weighted by Gasteiger charge is -2.34. The monoisotopic (exact) mass is 219 g/mol. The number of rotatable bonds is 4. The van der Waals surface area contributed by atoms with E-state index in [2.05, 4.69) is 6.07 Å². The summed E-state index contributed by atoms with van der Waals surface area (Å²) in [6, 6.07) is 8.45. The van der Waals surface area contributed by atoms with E-state index in [0.29, 0.717) is 12.4 Å². The molecule has 0 aromatic heterocycles. The third-order valence-electron chi connectivity index (χ3n) is 3.19. The van der Waals surface area contributed by atoms with E-state index in [4.69, 9.17) is 10.00 Å². The molecule has 1 aliphatic rings. The van der Waals surface area contributed by atoms with Crippen LogP contribution in [-0.4, -0.2) is 6.61 Å². The van der Waals surface area contributed by atoms with Gasteiger partial charge < -0.3 is 4.74 Å². The lowest BCUT2D eigenvalue weighted by molar-refractivity contribution is 0.156. The zero-order valence-electron chi connectivity index (χ0n) is 9.08. The van der Waals surface area contributed by atoms with Gasteiger partial charge in [-0.15, -0.1) is 0 Å². The average Bonchev–Trinajstić information content (AvgIpc) is 2.22. The second-order valence-corrected chi connectivity index (χ2v) is 4.30. The van der Waals surface area contributed by atoms with Crippen molar-refractivity contribution in [1.29, 1.82) is 5.26 Å². The minimum absolute atomic E-state index is 0.173. The molecule has 0 amide bonds. The lowest BCUT2D eigenvalue weighted by Crippen LogP contribution is -2.29. The van der Waals surface area contributed by atoms with Gasteiger partial charge in [-0.25, -0.2) is 4.39 Å². The maximum atomic E-state index is 12.8. The smallest absolute Gasteiger partial charge is 0.126 e. The Morgan fingerprint density at radius 2 is 2.25 bits per heavy atom. The molecular weight excluding hydrogens is 205 g/mol. The van der Waals surface area contributed by atoms with Gasteiger partial charge in [0.05, 0.1) is 18.1 Å². The fourth-order valence-corrected chi connectivity index (χ4v) is 1.94. The van der Waals surface area contributed by atoms with Crippen molar-refractivity contribution < 1.29 is 9.13 Å². The molecule has 0 unspecified atom stereocenters. The van der Waals surface area contributed by atoms with E-state index in [1.54, 1.807) is 12.1 Å². The first-order valence-electron chi connectivity index (χ1n) is 5.54. The quantitative estimate of drug-likeness (QED) is 0.778. The van der Waals surface area contributed by atoms with Crippen LogP contribution in [0.1, 0.15) is 25.7 Å². The Hall–Kier alpha value is -1.56. The number of halogens is 1. The van der Waals surface area contributed by atoms with Gasteiger partial charge in [-0.1, -0.05) is 12.5 Å². The van der Waals surface area contributed by atoms with E-state index in [1.807, 2.05) is 0 Å². The summed E-state index contributed by atoms with van der Waals surface area (Å²) >= 11 is 0. The van der Waals surface area contributed by atoms with Crippen molar-refractivity contribution in [2.45, 2.75) is 25.7 Å². The molecule has 2 rings (SSSR count). The average molecular weight is 219 g/mol. The molecule has 0 spiro atoms. The molecule has 0 radical (unpaired) electrons. The number of benzene rings is 1. The largest absolute Gasteiger partial charge is 0.493 e. The Morgan fingerprint density at radius 1 is 1.44 bits per heavy atom. The maximum absolute atomic E-state index is 12.8. The molecule has 1 aliphatic carbocycles. The van der Waals surface area contributed by atoms with Gasteiger partial charge in [0.1, 0.15) is 11.6 Å². The van der Waals surface area contributed by atoms with E-state index in [-0.39, 0.29) is 11.2 Å². The van der Waals surface area contributed by atoms with E-state index in [0.717, 1.165) is 25.7 Å². The Labute approximate surface area is 94.7 Å². The van der Waals surface area contributed by atoms with Crippen LogP contribution in [0.5, 0.6) is 5.75 Å². The number of hydrogen-bond donors (Lipinski definition) is 0. The van der Waals surface area contributed by atoms with Crippen LogP contribution in [0, 0.1) is 22.6 Å². The topological polar surface area (TPSA) is 33.0 Å². The first-order valence-corrected chi connectivity index (χ1v) is 5.54. The van der Waals surface area contributed by atoms with Crippen molar-refractivity contribution in [3.05, 3.63) is 30.1 Å². The Balaban J connectivity index is 1.82. The maximum Gasteiger partial charge on any atom is 0.126 e. The van der Waals surface area contributed by atoms with Crippen LogP contribution in [-0.2, 0) is 0 Å². The zero-order valence-corrected chi connectivity index (χ0v) is 9.08. The van der Waals surface area contributed by atoms with Gasteiger partial charge in [0, 0.05) is 12.5 Å². The normalized spacial score (nSPS) is 17.2. The SMILES string of the molecule is N#CC1(CCOc2cccc(F)c2)CCC1. The van der Waals surface area contributed by atoms with Crippen molar-refractivity contribution in [3.8, 4) is 11.8 Å². The summed E-state index contributed by atoms with van der Waals surface area (Å²) < 4.78 is 18.3. The highest BCUT2D eigenvalue weighted by molar-refractivity contribution is 5.22. The summed E-state index contributed by atoms with van der Waals surface area (Å²) in [5.74, 6) is 0.239. The van der Waals surface area contributed by atoms with Crippen LogP contribution in [0.2, 0.25) is 0 Å². The van der Waals surface area contributed by atoms with Gasteiger partial charge in [0.15, 0.2) is 0 Å². The predicted octanol–water partition coefficient (Wildman–Crippen LogP) is 3.29. The van der Waals surface area contributed by atoms with Gasteiger partial charge in [-0.3, -0.25) is 0 Å². The van der Waals surface area contributed by atoms with Crippen LogP contribution in [0.4, 0.5) is 4.39 Å². The second kappa shape index (κ2) is 4.52. The van der Waals surface area contributed by atoms with Gasteiger partial charge in [-0.05, 0) is 25.0 Å². The highest BCUT2D eigenvalue weighted by Crippen LogP contribution is 2.43. The molecule has 0 atom stereocenters. The van der Waals surface area contributed by atoms with Crippen LogP contribution >= 0.6 is 0 Å². The summed E-state index contributed by atoms with van der Waals surface area (Å²) in [7, 11) is 0. The van der Waals surface area contributed by atoms with Crippen molar-refractivity contribution >= 4 is 0 Å². The summed E-state index contributed by atoms with van der Waals surface area (Å²) in [6.45, 7) is 0.483. The Bertz CT molecular complexity index is 407. The highest BCUT2D eigenvalue weighted by Gasteiger charge is 2.36. The fraction of sp³-hybridized carbons (Fsp3) is 0.462. The summed E-state index contributed by atoms with van der Waals surface area (Å²) in [5, 5.41) is 9.01. The minimum Gasteiger partial charge on any atom is -0.493 e. The molecule has 16 heavy (non-hydrogen) atoms. The summed E-state index contributed by atoms with van der Waals surface area (Å²) in [6.07, 6.45) is 3.81. The van der Waals surface area contributed by atoms with Gasteiger partial charge in [0.25, 0.3) is 0 Å². The first kappa shape index (κ1) is 10.9. The second-order valence-electron chi connectivity index (χ2n) is 4.30. The molecule has 0 aliphatic heterocycles. The molecule has 0 heterocycles. The number of nitriles is 1. The van der Waals surface area contributed by atoms with Crippen LogP contribution in [0.3, 0.4) is 0 Å². The van der Waals surface area contributed by atoms with Crippen molar-refractivity contribution in [2.24, 2.45) is 5.41 Å². The van der Waals surface area contributed by atoms with Crippen molar-refractivity contribution in [2.75, 3.05) is 6.61 Å². The summed E-state index contributed by atoms with van der Waals surface area (Å²) in [5.41, 5.74) is -0.173.